The third kappa shape index (κ3) is 3.59. The molecular formula is C15H15Cl2FN2O2. The van der Waals surface area contributed by atoms with Gasteiger partial charge in [-0.25, -0.2) is 14.2 Å². The van der Waals surface area contributed by atoms with Crippen LogP contribution in [0.25, 0.3) is 0 Å². The lowest BCUT2D eigenvalue weighted by atomic mass is 10.2. The number of nitrogens with zero attached hydrogens (tertiary/aromatic N) is 2. The number of benzene rings is 1. The second-order valence-corrected chi connectivity index (χ2v) is 5.66. The Bertz CT molecular complexity index is 701. The third-order valence-corrected chi connectivity index (χ3v) is 3.92. The van der Waals surface area contributed by atoms with Crippen LogP contribution in [0.3, 0.4) is 0 Å². The Kier molecular flexibility index (Phi) is 5.42. The molecule has 0 fully saturated rings. The van der Waals surface area contributed by atoms with E-state index in [0.29, 0.717) is 17.8 Å². The Balaban J connectivity index is 2.44. The third-order valence-electron chi connectivity index (χ3n) is 3.30. The fraction of sp³-hybridized carbons (Fsp3) is 0.333. The molecule has 2 rings (SSSR count). The van der Waals surface area contributed by atoms with E-state index in [2.05, 4.69) is 4.98 Å². The minimum atomic E-state index is -1.15. The fourth-order valence-corrected chi connectivity index (χ4v) is 2.69. The molecule has 2 aromatic rings. The van der Waals surface area contributed by atoms with E-state index in [-0.39, 0.29) is 22.4 Å². The summed E-state index contributed by atoms with van der Waals surface area (Å²) in [4.78, 5) is 15.6. The average molecular weight is 345 g/mol. The molecule has 1 N–H and O–H groups in total. The van der Waals surface area contributed by atoms with Crippen LogP contribution in [0.15, 0.2) is 18.2 Å². The Morgan fingerprint density at radius 3 is 2.73 bits per heavy atom. The van der Waals surface area contributed by atoms with Crippen molar-refractivity contribution in [3.63, 3.8) is 0 Å². The first kappa shape index (κ1) is 16.8. The van der Waals surface area contributed by atoms with Crippen LogP contribution >= 0.6 is 23.2 Å². The van der Waals surface area contributed by atoms with Crippen LogP contribution in [0.4, 0.5) is 4.39 Å². The van der Waals surface area contributed by atoms with Gasteiger partial charge in [-0.1, -0.05) is 42.6 Å². The number of carboxylic acid groups (broad SMARTS) is 1. The maximum Gasteiger partial charge on any atom is 0.355 e. The van der Waals surface area contributed by atoms with Crippen LogP contribution in [-0.4, -0.2) is 20.6 Å². The molecule has 22 heavy (non-hydrogen) atoms. The van der Waals surface area contributed by atoms with Gasteiger partial charge in [0, 0.05) is 11.4 Å². The number of aromatic nitrogens is 2. The monoisotopic (exact) mass is 344 g/mol. The fourth-order valence-electron chi connectivity index (χ4n) is 2.19. The summed E-state index contributed by atoms with van der Waals surface area (Å²) in [6.45, 7) is 2.21. The summed E-state index contributed by atoms with van der Waals surface area (Å²) < 4.78 is 14.7. The van der Waals surface area contributed by atoms with Gasteiger partial charge in [0.15, 0.2) is 10.8 Å². The lowest BCUT2D eigenvalue weighted by Crippen LogP contribution is -2.13. The molecule has 0 bridgehead atoms. The summed E-state index contributed by atoms with van der Waals surface area (Å²) in [5, 5.41) is 9.53. The van der Waals surface area contributed by atoms with Gasteiger partial charge in [-0.2, -0.15) is 0 Å². The summed E-state index contributed by atoms with van der Waals surface area (Å²) in [7, 11) is 0. The second-order valence-electron chi connectivity index (χ2n) is 4.90. The normalized spacial score (nSPS) is 10.9. The van der Waals surface area contributed by atoms with E-state index in [4.69, 9.17) is 23.2 Å². The zero-order valence-electron chi connectivity index (χ0n) is 11.9. The number of rotatable bonds is 6. The topological polar surface area (TPSA) is 55.1 Å². The minimum Gasteiger partial charge on any atom is -0.476 e. The Morgan fingerprint density at radius 1 is 1.41 bits per heavy atom. The van der Waals surface area contributed by atoms with Gasteiger partial charge in [0.25, 0.3) is 0 Å². The lowest BCUT2D eigenvalue weighted by Gasteiger charge is -2.11. The summed E-state index contributed by atoms with van der Waals surface area (Å²) in [6, 6.07) is 4.01. The summed E-state index contributed by atoms with van der Waals surface area (Å²) in [6.07, 6.45) is 2.43. The van der Waals surface area contributed by atoms with Gasteiger partial charge in [0.05, 0.1) is 6.54 Å². The van der Waals surface area contributed by atoms with Crippen molar-refractivity contribution in [3.05, 3.63) is 51.3 Å². The Hall–Kier alpha value is -1.59. The molecule has 7 heteroatoms. The predicted octanol–water partition coefficient (Wildman–Crippen LogP) is 4.42. The molecule has 0 radical (unpaired) electrons. The number of imidazole rings is 1. The standard InChI is InChI=1S/C15H15Cl2FN2O2/c1-2-3-4-12-19-14(17)13(15(21)22)20(12)8-9-5-6-10(18)7-11(9)16/h5-7H,2-4,8H2,1H3,(H,21,22). The Labute approximate surface area is 137 Å². The largest absolute Gasteiger partial charge is 0.476 e. The van der Waals surface area contributed by atoms with Gasteiger partial charge in [0.2, 0.25) is 0 Å². The van der Waals surface area contributed by atoms with Crippen molar-refractivity contribution >= 4 is 29.2 Å². The first-order chi connectivity index (χ1) is 10.4. The highest BCUT2D eigenvalue weighted by Crippen LogP contribution is 2.24. The van der Waals surface area contributed by atoms with Crippen LogP contribution in [0.2, 0.25) is 10.2 Å². The van der Waals surface area contributed by atoms with E-state index in [1.54, 1.807) is 0 Å². The zero-order chi connectivity index (χ0) is 16.3. The van der Waals surface area contributed by atoms with Crippen molar-refractivity contribution in [2.45, 2.75) is 32.7 Å². The van der Waals surface area contributed by atoms with Crippen LogP contribution in [0, 0.1) is 5.82 Å². The molecule has 1 heterocycles. The van der Waals surface area contributed by atoms with E-state index in [0.717, 1.165) is 12.8 Å². The quantitative estimate of drug-likeness (QED) is 0.843. The molecule has 0 saturated carbocycles. The lowest BCUT2D eigenvalue weighted by molar-refractivity contribution is 0.0685. The van der Waals surface area contributed by atoms with Crippen molar-refractivity contribution < 1.29 is 14.3 Å². The Morgan fingerprint density at radius 2 is 2.14 bits per heavy atom. The van der Waals surface area contributed by atoms with Crippen molar-refractivity contribution in [2.75, 3.05) is 0 Å². The molecule has 0 aliphatic heterocycles. The van der Waals surface area contributed by atoms with Crippen LogP contribution < -0.4 is 0 Å². The van der Waals surface area contributed by atoms with Crippen molar-refractivity contribution in [1.82, 2.24) is 9.55 Å². The van der Waals surface area contributed by atoms with E-state index in [1.807, 2.05) is 6.92 Å². The van der Waals surface area contributed by atoms with Gasteiger partial charge in [-0.15, -0.1) is 0 Å². The highest BCUT2D eigenvalue weighted by molar-refractivity contribution is 6.32. The number of halogens is 3. The molecule has 118 valence electrons. The minimum absolute atomic E-state index is 0.0446. The predicted molar refractivity (Wildman–Crippen MR) is 83.3 cm³/mol. The van der Waals surface area contributed by atoms with Gasteiger partial charge in [-0.3, -0.25) is 0 Å². The van der Waals surface area contributed by atoms with Crippen LogP contribution in [0.1, 0.15) is 41.6 Å². The van der Waals surface area contributed by atoms with Crippen LogP contribution in [0.5, 0.6) is 0 Å². The molecule has 0 atom stereocenters. The first-order valence-corrected chi connectivity index (χ1v) is 7.61. The maximum absolute atomic E-state index is 13.1. The van der Waals surface area contributed by atoms with E-state index in [1.165, 1.54) is 22.8 Å². The zero-order valence-corrected chi connectivity index (χ0v) is 13.5. The summed E-state index contributed by atoms with van der Waals surface area (Å²) >= 11 is 12.0. The smallest absolute Gasteiger partial charge is 0.355 e. The number of carboxylic acids is 1. The highest BCUT2D eigenvalue weighted by atomic mass is 35.5. The molecule has 0 saturated heterocycles. The highest BCUT2D eigenvalue weighted by Gasteiger charge is 2.22. The summed E-state index contributed by atoms with van der Waals surface area (Å²) in [5.41, 5.74) is 0.533. The van der Waals surface area contributed by atoms with Gasteiger partial charge >= 0.3 is 5.97 Å². The second kappa shape index (κ2) is 7.11. The number of carbonyl (C=O) groups is 1. The molecule has 0 aliphatic carbocycles. The molecule has 1 aromatic heterocycles. The maximum atomic E-state index is 13.1. The number of aryl methyl sites for hydroxylation is 1. The molecule has 1 aromatic carbocycles. The molecule has 0 unspecified atom stereocenters. The molecule has 0 amide bonds. The van der Waals surface area contributed by atoms with Crippen molar-refractivity contribution in [3.8, 4) is 0 Å². The first-order valence-electron chi connectivity index (χ1n) is 6.86. The van der Waals surface area contributed by atoms with E-state index in [9.17, 15) is 14.3 Å². The van der Waals surface area contributed by atoms with Gasteiger partial charge in [0.1, 0.15) is 11.6 Å². The molecule has 0 aliphatic rings. The SMILES string of the molecule is CCCCc1nc(Cl)c(C(=O)O)n1Cc1ccc(F)cc1Cl. The molecule has 0 spiro atoms. The van der Waals surface area contributed by atoms with E-state index < -0.39 is 11.8 Å². The number of hydrogen-bond donors (Lipinski definition) is 1. The van der Waals surface area contributed by atoms with Crippen molar-refractivity contribution in [1.29, 1.82) is 0 Å². The molecular weight excluding hydrogens is 330 g/mol. The van der Waals surface area contributed by atoms with Gasteiger partial charge in [-0.05, 0) is 24.1 Å². The number of unbranched alkanes of at least 4 members (excludes halogenated alkanes) is 1. The van der Waals surface area contributed by atoms with Crippen molar-refractivity contribution in [2.24, 2.45) is 0 Å². The number of aromatic carboxylic acids is 1. The van der Waals surface area contributed by atoms with Crippen LogP contribution in [-0.2, 0) is 13.0 Å². The van der Waals surface area contributed by atoms with E-state index >= 15 is 0 Å². The number of hydrogen-bond acceptors (Lipinski definition) is 2. The average Bonchev–Trinajstić information content (AvgIpc) is 2.75. The molecule has 4 nitrogen and oxygen atoms in total. The van der Waals surface area contributed by atoms with Gasteiger partial charge < -0.3 is 9.67 Å². The summed E-state index contributed by atoms with van der Waals surface area (Å²) in [5.74, 6) is -1.01.